The maximum absolute atomic E-state index is 12.1. The number of benzene rings is 1. The quantitative estimate of drug-likeness (QED) is 0.874. The first-order chi connectivity index (χ1) is 9.02. The summed E-state index contributed by atoms with van der Waals surface area (Å²) < 4.78 is 0. The van der Waals surface area contributed by atoms with E-state index in [-0.39, 0.29) is 12.5 Å². The minimum atomic E-state index is -0.536. The van der Waals surface area contributed by atoms with E-state index >= 15 is 0 Å². The molecule has 1 unspecified atom stereocenters. The predicted molar refractivity (Wildman–Crippen MR) is 76.0 cm³/mol. The van der Waals surface area contributed by atoms with E-state index in [9.17, 15) is 9.90 Å². The first kappa shape index (κ1) is 14.1. The molecule has 0 saturated carbocycles. The lowest BCUT2D eigenvalue weighted by atomic mass is 9.81. The summed E-state index contributed by atoms with van der Waals surface area (Å²) in [6.45, 7) is 3.62. The first-order valence-corrected chi connectivity index (χ1v) is 7.01. The SMILES string of the molecule is CC(C)(CO)NC(=O)CC1CCCc2ccccc21. The summed E-state index contributed by atoms with van der Waals surface area (Å²) >= 11 is 0. The number of carbonyl (C=O) groups is 1. The van der Waals surface area contributed by atoms with Crippen LogP contribution < -0.4 is 5.32 Å². The van der Waals surface area contributed by atoms with Crippen LogP contribution in [0.4, 0.5) is 0 Å². The van der Waals surface area contributed by atoms with Gasteiger partial charge in [-0.05, 0) is 50.2 Å². The van der Waals surface area contributed by atoms with Crippen LogP contribution in [0.25, 0.3) is 0 Å². The second-order valence-electron chi connectivity index (χ2n) is 6.08. The zero-order valence-corrected chi connectivity index (χ0v) is 11.8. The van der Waals surface area contributed by atoms with Crippen LogP contribution in [0, 0.1) is 0 Å². The Morgan fingerprint density at radius 3 is 2.89 bits per heavy atom. The van der Waals surface area contributed by atoms with Crippen molar-refractivity contribution >= 4 is 5.91 Å². The highest BCUT2D eigenvalue weighted by molar-refractivity contribution is 5.77. The van der Waals surface area contributed by atoms with Gasteiger partial charge < -0.3 is 10.4 Å². The van der Waals surface area contributed by atoms with E-state index in [2.05, 4.69) is 23.5 Å². The van der Waals surface area contributed by atoms with E-state index in [0.29, 0.717) is 12.3 Å². The summed E-state index contributed by atoms with van der Waals surface area (Å²) in [5.74, 6) is 0.347. The Labute approximate surface area is 115 Å². The van der Waals surface area contributed by atoms with Crippen LogP contribution in [0.5, 0.6) is 0 Å². The number of hydrogen-bond donors (Lipinski definition) is 2. The van der Waals surface area contributed by atoms with Gasteiger partial charge in [-0.15, -0.1) is 0 Å². The number of amides is 1. The first-order valence-electron chi connectivity index (χ1n) is 7.01. The van der Waals surface area contributed by atoms with Crippen molar-refractivity contribution in [2.24, 2.45) is 0 Å². The van der Waals surface area contributed by atoms with Gasteiger partial charge in [0.05, 0.1) is 12.1 Å². The molecule has 2 rings (SSSR count). The van der Waals surface area contributed by atoms with Crippen LogP contribution >= 0.6 is 0 Å². The number of hydrogen-bond acceptors (Lipinski definition) is 2. The molecule has 1 atom stereocenters. The maximum atomic E-state index is 12.1. The van der Waals surface area contributed by atoms with Gasteiger partial charge >= 0.3 is 0 Å². The van der Waals surface area contributed by atoms with E-state index in [1.165, 1.54) is 11.1 Å². The minimum Gasteiger partial charge on any atom is -0.394 e. The lowest BCUT2D eigenvalue weighted by molar-refractivity contribution is -0.123. The van der Waals surface area contributed by atoms with Crippen molar-refractivity contribution in [2.45, 2.75) is 51.0 Å². The normalized spacial score (nSPS) is 18.8. The van der Waals surface area contributed by atoms with Gasteiger partial charge in [-0.3, -0.25) is 4.79 Å². The number of nitrogens with one attached hydrogen (secondary N) is 1. The Kier molecular flexibility index (Phi) is 4.25. The summed E-state index contributed by atoms with van der Waals surface area (Å²) in [5.41, 5.74) is 2.17. The number of aryl methyl sites for hydroxylation is 1. The van der Waals surface area contributed by atoms with Crippen molar-refractivity contribution in [3.8, 4) is 0 Å². The summed E-state index contributed by atoms with van der Waals surface area (Å²) in [6.07, 6.45) is 3.86. The Balaban J connectivity index is 2.03. The second kappa shape index (κ2) is 5.74. The molecule has 0 radical (unpaired) electrons. The molecule has 3 heteroatoms. The monoisotopic (exact) mass is 261 g/mol. The molecule has 1 aliphatic carbocycles. The van der Waals surface area contributed by atoms with Gasteiger partial charge in [-0.25, -0.2) is 0 Å². The van der Waals surface area contributed by atoms with E-state index in [0.717, 1.165) is 19.3 Å². The molecular formula is C16H23NO2. The smallest absolute Gasteiger partial charge is 0.221 e. The molecule has 104 valence electrons. The number of aliphatic hydroxyl groups is 1. The molecule has 1 aliphatic rings. The molecule has 1 aromatic carbocycles. The van der Waals surface area contributed by atoms with Crippen LogP contribution in [-0.4, -0.2) is 23.2 Å². The third kappa shape index (κ3) is 3.57. The van der Waals surface area contributed by atoms with E-state index in [1.807, 2.05) is 19.9 Å². The summed E-state index contributed by atoms with van der Waals surface area (Å²) in [7, 11) is 0. The topological polar surface area (TPSA) is 49.3 Å². The zero-order valence-electron chi connectivity index (χ0n) is 11.8. The molecule has 0 heterocycles. The lowest BCUT2D eigenvalue weighted by Crippen LogP contribution is -2.46. The van der Waals surface area contributed by atoms with Gasteiger partial charge in [0.25, 0.3) is 0 Å². The molecule has 2 N–H and O–H groups in total. The van der Waals surface area contributed by atoms with Crippen molar-refractivity contribution in [3.63, 3.8) is 0 Å². The van der Waals surface area contributed by atoms with Crippen LogP contribution in [-0.2, 0) is 11.2 Å². The molecule has 0 spiro atoms. The van der Waals surface area contributed by atoms with Crippen molar-refractivity contribution < 1.29 is 9.90 Å². The van der Waals surface area contributed by atoms with Crippen LogP contribution in [0.15, 0.2) is 24.3 Å². The van der Waals surface area contributed by atoms with Gasteiger partial charge in [-0.1, -0.05) is 24.3 Å². The number of rotatable bonds is 4. The summed E-state index contributed by atoms with van der Waals surface area (Å²) in [6, 6.07) is 8.42. The van der Waals surface area contributed by atoms with E-state index < -0.39 is 5.54 Å². The largest absolute Gasteiger partial charge is 0.394 e. The Morgan fingerprint density at radius 2 is 2.16 bits per heavy atom. The molecule has 0 aliphatic heterocycles. The van der Waals surface area contributed by atoms with E-state index in [1.54, 1.807) is 0 Å². The van der Waals surface area contributed by atoms with Crippen LogP contribution in [0.3, 0.4) is 0 Å². The fourth-order valence-corrected chi connectivity index (χ4v) is 2.76. The van der Waals surface area contributed by atoms with Crippen LogP contribution in [0.2, 0.25) is 0 Å². The highest BCUT2D eigenvalue weighted by atomic mass is 16.3. The van der Waals surface area contributed by atoms with Crippen molar-refractivity contribution in [1.82, 2.24) is 5.32 Å². The van der Waals surface area contributed by atoms with Crippen molar-refractivity contribution in [3.05, 3.63) is 35.4 Å². The highest BCUT2D eigenvalue weighted by Crippen LogP contribution is 2.33. The number of aliphatic hydroxyl groups excluding tert-OH is 1. The number of carbonyl (C=O) groups excluding carboxylic acids is 1. The van der Waals surface area contributed by atoms with Gasteiger partial charge in [0.15, 0.2) is 0 Å². The molecule has 0 aromatic heterocycles. The Morgan fingerprint density at radius 1 is 1.42 bits per heavy atom. The maximum Gasteiger partial charge on any atom is 0.221 e. The van der Waals surface area contributed by atoms with E-state index in [4.69, 9.17) is 0 Å². The summed E-state index contributed by atoms with van der Waals surface area (Å²) in [4.78, 5) is 12.1. The molecule has 0 fully saturated rings. The fourth-order valence-electron chi connectivity index (χ4n) is 2.76. The van der Waals surface area contributed by atoms with Crippen LogP contribution in [0.1, 0.15) is 50.2 Å². The predicted octanol–water partition coefficient (Wildman–Crippen LogP) is 2.38. The molecule has 3 nitrogen and oxygen atoms in total. The second-order valence-corrected chi connectivity index (χ2v) is 6.08. The third-order valence-electron chi connectivity index (χ3n) is 3.80. The Bertz CT molecular complexity index is 454. The minimum absolute atomic E-state index is 0.0285. The summed E-state index contributed by atoms with van der Waals surface area (Å²) in [5, 5.41) is 12.1. The average Bonchev–Trinajstić information content (AvgIpc) is 2.38. The molecule has 0 saturated heterocycles. The fraction of sp³-hybridized carbons (Fsp3) is 0.562. The average molecular weight is 261 g/mol. The molecule has 1 amide bonds. The molecule has 1 aromatic rings. The molecule has 0 bridgehead atoms. The zero-order chi connectivity index (χ0) is 13.9. The van der Waals surface area contributed by atoms with Gasteiger partial charge in [0.1, 0.15) is 0 Å². The van der Waals surface area contributed by atoms with Gasteiger partial charge in [-0.2, -0.15) is 0 Å². The van der Waals surface area contributed by atoms with Gasteiger partial charge in [0.2, 0.25) is 5.91 Å². The van der Waals surface area contributed by atoms with Crippen molar-refractivity contribution in [1.29, 1.82) is 0 Å². The Hall–Kier alpha value is -1.35. The standard InChI is InChI=1S/C16H23NO2/c1-16(2,11-18)17-15(19)10-13-8-5-7-12-6-3-4-9-14(12)13/h3-4,6,9,13,18H,5,7-8,10-11H2,1-2H3,(H,17,19). The van der Waals surface area contributed by atoms with Crippen molar-refractivity contribution in [2.75, 3.05) is 6.61 Å². The number of fused-ring (bicyclic) bond motifs is 1. The molecule has 19 heavy (non-hydrogen) atoms. The third-order valence-corrected chi connectivity index (χ3v) is 3.80. The lowest BCUT2D eigenvalue weighted by Gasteiger charge is -2.28. The molecular weight excluding hydrogens is 238 g/mol. The highest BCUT2D eigenvalue weighted by Gasteiger charge is 2.25. The van der Waals surface area contributed by atoms with Gasteiger partial charge in [0, 0.05) is 6.42 Å².